The molecule has 114 valence electrons. The lowest BCUT2D eigenvalue weighted by atomic mass is 9.82. The Morgan fingerprint density at radius 1 is 1.33 bits per heavy atom. The molecule has 0 aliphatic heterocycles. The Labute approximate surface area is 132 Å². The maximum Gasteiger partial charge on any atom is 0.309 e. The molecule has 1 aromatic rings. The van der Waals surface area contributed by atoms with Crippen LogP contribution in [0.4, 0.5) is 0 Å². The summed E-state index contributed by atoms with van der Waals surface area (Å²) in [4.78, 5) is 22.9. The molecule has 0 atom stereocenters. The van der Waals surface area contributed by atoms with Crippen LogP contribution >= 0.6 is 15.9 Å². The molecule has 0 bridgehead atoms. The van der Waals surface area contributed by atoms with E-state index in [1.165, 1.54) is 0 Å². The van der Waals surface area contributed by atoms with E-state index >= 15 is 0 Å². The molecule has 0 saturated heterocycles. The van der Waals surface area contributed by atoms with Gasteiger partial charge in [0.05, 0.1) is 11.5 Å². The van der Waals surface area contributed by atoms with Crippen LogP contribution in [-0.4, -0.2) is 24.0 Å². The van der Waals surface area contributed by atoms with E-state index < -0.39 is 5.60 Å². The standard InChI is InChI=1S/C16H19BrO4/c1-16(2,3)21-15(19)11-6-13(7-11)20-14-8-12(17)5-4-10(14)9-18/h4-5,8-9,11,13H,6-7H2,1-3H3/t11-,13+. The summed E-state index contributed by atoms with van der Waals surface area (Å²) in [5.74, 6) is 0.264. The number of aldehydes is 1. The Hall–Kier alpha value is -1.36. The largest absolute Gasteiger partial charge is 0.490 e. The second-order valence-electron chi connectivity index (χ2n) is 6.24. The van der Waals surface area contributed by atoms with Crippen LogP contribution in [0, 0.1) is 5.92 Å². The Bertz CT molecular complexity index is 542. The van der Waals surface area contributed by atoms with E-state index in [1.807, 2.05) is 20.8 Å². The molecular formula is C16H19BrO4. The summed E-state index contributed by atoms with van der Waals surface area (Å²) in [5, 5.41) is 0. The monoisotopic (exact) mass is 354 g/mol. The van der Waals surface area contributed by atoms with E-state index in [2.05, 4.69) is 15.9 Å². The first-order valence-corrected chi connectivity index (χ1v) is 7.72. The van der Waals surface area contributed by atoms with Crippen LogP contribution in [0.25, 0.3) is 0 Å². The highest BCUT2D eigenvalue weighted by Gasteiger charge is 2.38. The van der Waals surface area contributed by atoms with Gasteiger partial charge in [0.2, 0.25) is 0 Å². The number of benzene rings is 1. The van der Waals surface area contributed by atoms with E-state index in [4.69, 9.17) is 9.47 Å². The summed E-state index contributed by atoms with van der Waals surface area (Å²) in [7, 11) is 0. The van der Waals surface area contributed by atoms with Gasteiger partial charge in [0.25, 0.3) is 0 Å². The number of carbonyl (C=O) groups is 2. The van der Waals surface area contributed by atoms with Gasteiger partial charge in [-0.1, -0.05) is 15.9 Å². The van der Waals surface area contributed by atoms with Crippen molar-refractivity contribution in [3.05, 3.63) is 28.2 Å². The zero-order chi connectivity index (χ0) is 15.6. The molecule has 1 aliphatic rings. The van der Waals surface area contributed by atoms with E-state index in [0.29, 0.717) is 24.2 Å². The van der Waals surface area contributed by atoms with Gasteiger partial charge in [0, 0.05) is 4.47 Å². The highest BCUT2D eigenvalue weighted by atomic mass is 79.9. The summed E-state index contributed by atoms with van der Waals surface area (Å²) in [6.07, 6.45) is 1.97. The van der Waals surface area contributed by atoms with Gasteiger partial charge in [-0.25, -0.2) is 0 Å². The fourth-order valence-corrected chi connectivity index (χ4v) is 2.47. The highest BCUT2D eigenvalue weighted by Crippen LogP contribution is 2.34. The number of esters is 1. The molecule has 0 unspecified atom stereocenters. The molecule has 0 heterocycles. The predicted octanol–water partition coefficient (Wildman–Crippen LogP) is 3.76. The normalized spacial score (nSPS) is 21.3. The third-order valence-electron chi connectivity index (χ3n) is 3.23. The smallest absolute Gasteiger partial charge is 0.309 e. The van der Waals surface area contributed by atoms with Crippen LogP contribution in [0.1, 0.15) is 44.0 Å². The van der Waals surface area contributed by atoms with Crippen molar-refractivity contribution in [3.63, 3.8) is 0 Å². The van der Waals surface area contributed by atoms with Gasteiger partial charge in [0.15, 0.2) is 6.29 Å². The van der Waals surface area contributed by atoms with Crippen molar-refractivity contribution in [1.29, 1.82) is 0 Å². The van der Waals surface area contributed by atoms with Crippen LogP contribution in [-0.2, 0) is 9.53 Å². The molecule has 0 N–H and O–H groups in total. The first-order valence-electron chi connectivity index (χ1n) is 6.93. The molecule has 0 amide bonds. The van der Waals surface area contributed by atoms with Crippen LogP contribution in [0.5, 0.6) is 5.75 Å². The number of hydrogen-bond donors (Lipinski definition) is 0. The topological polar surface area (TPSA) is 52.6 Å². The highest BCUT2D eigenvalue weighted by molar-refractivity contribution is 9.10. The Kier molecular flexibility index (Phi) is 4.71. The second-order valence-corrected chi connectivity index (χ2v) is 7.16. The SMILES string of the molecule is CC(C)(C)OC(=O)[C@H]1C[C@@H](Oc2cc(Br)ccc2C=O)C1. The Morgan fingerprint density at radius 2 is 2.00 bits per heavy atom. The summed E-state index contributed by atoms with van der Waals surface area (Å²) in [6.45, 7) is 5.57. The van der Waals surface area contributed by atoms with Crippen molar-refractivity contribution in [3.8, 4) is 5.75 Å². The van der Waals surface area contributed by atoms with Crippen molar-refractivity contribution in [2.75, 3.05) is 0 Å². The second kappa shape index (κ2) is 6.18. The Balaban J connectivity index is 1.90. The first-order chi connectivity index (χ1) is 9.78. The number of carbonyl (C=O) groups excluding carboxylic acids is 2. The van der Waals surface area contributed by atoms with Gasteiger partial charge in [0.1, 0.15) is 17.5 Å². The van der Waals surface area contributed by atoms with E-state index in [1.54, 1.807) is 18.2 Å². The molecule has 21 heavy (non-hydrogen) atoms. The lowest BCUT2D eigenvalue weighted by Gasteiger charge is -2.35. The molecule has 1 saturated carbocycles. The van der Waals surface area contributed by atoms with Crippen LogP contribution in [0.3, 0.4) is 0 Å². The summed E-state index contributed by atoms with van der Waals surface area (Å²) in [5.41, 5.74) is 0.0526. The van der Waals surface area contributed by atoms with Crippen LogP contribution in [0.2, 0.25) is 0 Å². The number of rotatable bonds is 4. The van der Waals surface area contributed by atoms with Gasteiger partial charge in [-0.3, -0.25) is 9.59 Å². The number of halogens is 1. The molecule has 1 aliphatic carbocycles. The van der Waals surface area contributed by atoms with Gasteiger partial charge in [-0.05, 0) is 51.8 Å². The minimum absolute atomic E-state index is 0.0458. The minimum atomic E-state index is -0.460. The third kappa shape index (κ3) is 4.30. The van der Waals surface area contributed by atoms with E-state index in [9.17, 15) is 9.59 Å². The molecule has 1 aromatic carbocycles. The van der Waals surface area contributed by atoms with Crippen LogP contribution < -0.4 is 4.74 Å². The van der Waals surface area contributed by atoms with Gasteiger partial charge in [-0.15, -0.1) is 0 Å². The molecule has 4 nitrogen and oxygen atoms in total. The fourth-order valence-electron chi connectivity index (χ4n) is 2.13. The quantitative estimate of drug-likeness (QED) is 0.610. The number of hydrogen-bond acceptors (Lipinski definition) is 4. The van der Waals surface area contributed by atoms with E-state index in [-0.39, 0.29) is 18.0 Å². The molecule has 1 fully saturated rings. The zero-order valence-corrected chi connectivity index (χ0v) is 14.0. The maximum atomic E-state index is 11.9. The fraction of sp³-hybridized carbons (Fsp3) is 0.500. The lowest BCUT2D eigenvalue weighted by Crippen LogP contribution is -2.41. The first kappa shape index (κ1) is 16.0. The lowest BCUT2D eigenvalue weighted by molar-refractivity contribution is -0.166. The minimum Gasteiger partial charge on any atom is -0.490 e. The summed E-state index contributed by atoms with van der Waals surface area (Å²) in [6, 6.07) is 5.27. The maximum absolute atomic E-state index is 11.9. The van der Waals surface area contributed by atoms with Gasteiger partial charge >= 0.3 is 5.97 Å². The average Bonchev–Trinajstić information content (AvgIpc) is 2.31. The van der Waals surface area contributed by atoms with Gasteiger partial charge in [-0.2, -0.15) is 0 Å². The van der Waals surface area contributed by atoms with Gasteiger partial charge < -0.3 is 9.47 Å². The van der Waals surface area contributed by atoms with E-state index in [0.717, 1.165) is 10.8 Å². The Morgan fingerprint density at radius 3 is 2.57 bits per heavy atom. The average molecular weight is 355 g/mol. The van der Waals surface area contributed by atoms with Crippen molar-refractivity contribution in [1.82, 2.24) is 0 Å². The molecule has 0 aromatic heterocycles. The third-order valence-corrected chi connectivity index (χ3v) is 3.72. The summed E-state index contributed by atoms with van der Waals surface area (Å²) < 4.78 is 12.0. The zero-order valence-electron chi connectivity index (χ0n) is 12.4. The summed E-state index contributed by atoms with van der Waals surface area (Å²) >= 11 is 3.35. The van der Waals surface area contributed by atoms with Crippen molar-refractivity contribution >= 4 is 28.2 Å². The number of ether oxygens (including phenoxy) is 2. The van der Waals surface area contributed by atoms with Crippen molar-refractivity contribution in [2.24, 2.45) is 5.92 Å². The predicted molar refractivity (Wildman–Crippen MR) is 82.5 cm³/mol. The molecule has 0 radical (unpaired) electrons. The molecule has 0 spiro atoms. The molecular weight excluding hydrogens is 336 g/mol. The molecule has 2 rings (SSSR count). The van der Waals surface area contributed by atoms with Crippen molar-refractivity contribution in [2.45, 2.75) is 45.3 Å². The van der Waals surface area contributed by atoms with Crippen LogP contribution in [0.15, 0.2) is 22.7 Å². The molecule has 5 heteroatoms. The van der Waals surface area contributed by atoms with Crippen molar-refractivity contribution < 1.29 is 19.1 Å².